The zero-order chi connectivity index (χ0) is 17.6. The van der Waals surface area contributed by atoms with Crippen LogP contribution < -0.4 is 4.90 Å². The topological polar surface area (TPSA) is 74.1 Å². The molecule has 1 saturated heterocycles. The molecule has 1 atom stereocenters. The molecule has 0 unspecified atom stereocenters. The average molecular weight is 331 g/mol. The van der Waals surface area contributed by atoms with Crippen LogP contribution >= 0.6 is 0 Å². The van der Waals surface area contributed by atoms with Gasteiger partial charge in [-0.3, -0.25) is 14.6 Å². The van der Waals surface area contributed by atoms with Gasteiger partial charge in [0.2, 0.25) is 5.91 Å². The number of ketones is 1. The fraction of sp³-hybridized carbons (Fsp3) is 0.200. The van der Waals surface area contributed by atoms with Crippen molar-refractivity contribution in [2.24, 2.45) is 0 Å². The number of anilines is 1. The molecule has 1 aromatic heterocycles. The normalized spacial score (nSPS) is 15.3. The fourth-order valence-electron chi connectivity index (χ4n) is 2.78. The van der Waals surface area contributed by atoms with Gasteiger partial charge in [-0.15, -0.1) is 0 Å². The minimum Gasteiger partial charge on any atom is -0.312 e. The molecule has 2 aromatic rings. The second kappa shape index (κ2) is 7.54. The Morgan fingerprint density at radius 1 is 1.24 bits per heavy atom. The van der Waals surface area contributed by atoms with Crippen molar-refractivity contribution in [2.45, 2.75) is 18.8 Å². The molecule has 0 bridgehead atoms. The highest BCUT2D eigenvalue weighted by molar-refractivity contribution is 6.00. The Bertz CT molecular complexity index is 835. The average Bonchev–Trinajstić information content (AvgIpc) is 3.08. The molecule has 124 valence electrons. The van der Waals surface area contributed by atoms with Gasteiger partial charge in [0.05, 0.1) is 11.8 Å². The number of carbonyl (C=O) groups excluding carboxylic acids is 2. The molecule has 1 fully saturated rings. The van der Waals surface area contributed by atoms with Crippen molar-refractivity contribution in [1.29, 1.82) is 5.26 Å². The van der Waals surface area contributed by atoms with Gasteiger partial charge in [0, 0.05) is 24.8 Å². The van der Waals surface area contributed by atoms with E-state index in [-0.39, 0.29) is 11.7 Å². The number of aromatic nitrogens is 1. The minimum absolute atomic E-state index is 0.144. The summed E-state index contributed by atoms with van der Waals surface area (Å²) in [6, 6.07) is 14.6. The van der Waals surface area contributed by atoms with Crippen molar-refractivity contribution in [3.05, 3.63) is 66.0 Å². The highest BCUT2D eigenvalue weighted by Crippen LogP contribution is 2.22. The quantitative estimate of drug-likeness (QED) is 0.789. The predicted octanol–water partition coefficient (Wildman–Crippen LogP) is 3.10. The lowest BCUT2D eigenvalue weighted by molar-refractivity contribution is -0.117. The van der Waals surface area contributed by atoms with Gasteiger partial charge in [-0.25, -0.2) is 0 Å². The van der Waals surface area contributed by atoms with Crippen molar-refractivity contribution in [3.63, 3.8) is 0 Å². The number of nitrogens with zero attached hydrogens (tertiary/aromatic N) is 3. The van der Waals surface area contributed by atoms with Gasteiger partial charge in [-0.05, 0) is 42.3 Å². The molecule has 0 saturated carbocycles. The van der Waals surface area contributed by atoms with E-state index in [0.717, 1.165) is 24.2 Å². The number of carbonyl (C=O) groups is 2. The molecule has 1 aliphatic rings. The molecule has 0 aliphatic carbocycles. The van der Waals surface area contributed by atoms with Crippen molar-refractivity contribution >= 4 is 23.5 Å². The molecular weight excluding hydrogens is 314 g/mol. The lowest BCUT2D eigenvalue weighted by atomic mass is 10.00. The van der Waals surface area contributed by atoms with E-state index in [0.29, 0.717) is 12.1 Å². The smallest absolute Gasteiger partial charge is 0.227 e. The van der Waals surface area contributed by atoms with Crippen LogP contribution in [0.5, 0.6) is 0 Å². The Kier molecular flexibility index (Phi) is 5.00. The molecular formula is C20H17N3O2. The summed E-state index contributed by atoms with van der Waals surface area (Å²) >= 11 is 0. The van der Waals surface area contributed by atoms with Gasteiger partial charge in [0.1, 0.15) is 0 Å². The van der Waals surface area contributed by atoms with Gasteiger partial charge in [0.15, 0.2) is 11.7 Å². The second-order valence-corrected chi connectivity index (χ2v) is 5.79. The Morgan fingerprint density at radius 3 is 2.64 bits per heavy atom. The first-order valence-corrected chi connectivity index (χ1v) is 8.12. The highest BCUT2D eigenvalue weighted by atomic mass is 16.2. The van der Waals surface area contributed by atoms with Crippen LogP contribution in [0.2, 0.25) is 0 Å². The number of allylic oxidation sites excluding steroid dienone is 1. The number of rotatable bonds is 5. The predicted molar refractivity (Wildman–Crippen MR) is 94.7 cm³/mol. The van der Waals surface area contributed by atoms with Gasteiger partial charge in [0.25, 0.3) is 0 Å². The maximum Gasteiger partial charge on any atom is 0.227 e. The van der Waals surface area contributed by atoms with E-state index in [2.05, 4.69) is 4.98 Å². The first-order chi connectivity index (χ1) is 12.2. The first kappa shape index (κ1) is 16.6. The zero-order valence-electron chi connectivity index (χ0n) is 13.6. The van der Waals surface area contributed by atoms with Gasteiger partial charge >= 0.3 is 0 Å². The van der Waals surface area contributed by atoms with E-state index in [9.17, 15) is 14.9 Å². The summed E-state index contributed by atoms with van der Waals surface area (Å²) in [5, 5.41) is 9.25. The van der Waals surface area contributed by atoms with E-state index in [1.165, 1.54) is 6.08 Å². The largest absolute Gasteiger partial charge is 0.312 e. The maximum atomic E-state index is 12.3. The summed E-state index contributed by atoms with van der Waals surface area (Å²) in [6.07, 6.45) is 6.12. The third kappa shape index (κ3) is 3.81. The minimum atomic E-state index is -0.904. The molecule has 5 nitrogen and oxygen atoms in total. The van der Waals surface area contributed by atoms with E-state index >= 15 is 0 Å². The van der Waals surface area contributed by atoms with Crippen LogP contribution in [0.15, 0.2) is 54.7 Å². The van der Waals surface area contributed by atoms with Crippen LogP contribution in [-0.4, -0.2) is 23.2 Å². The third-order valence-corrected chi connectivity index (χ3v) is 4.12. The summed E-state index contributed by atoms with van der Waals surface area (Å²) < 4.78 is 0. The van der Waals surface area contributed by atoms with E-state index < -0.39 is 5.92 Å². The van der Waals surface area contributed by atoms with Crippen molar-refractivity contribution in [1.82, 2.24) is 4.98 Å². The lowest BCUT2D eigenvalue weighted by Gasteiger charge is -2.15. The Morgan fingerprint density at radius 2 is 2.04 bits per heavy atom. The van der Waals surface area contributed by atoms with Crippen LogP contribution in [0.1, 0.15) is 30.0 Å². The number of nitriles is 1. The van der Waals surface area contributed by atoms with Crippen LogP contribution in [0.25, 0.3) is 6.08 Å². The van der Waals surface area contributed by atoms with Crippen LogP contribution in [0.4, 0.5) is 5.69 Å². The van der Waals surface area contributed by atoms with Gasteiger partial charge in [-0.2, -0.15) is 5.26 Å². The molecule has 5 heteroatoms. The molecule has 2 heterocycles. The molecule has 1 amide bonds. The molecule has 3 rings (SSSR count). The summed E-state index contributed by atoms with van der Waals surface area (Å²) in [5.74, 6) is -1.07. The van der Waals surface area contributed by atoms with Crippen molar-refractivity contribution in [3.8, 4) is 6.07 Å². The lowest BCUT2D eigenvalue weighted by Crippen LogP contribution is -2.23. The SMILES string of the molecule is N#C[C@H](C(=O)/C=C\c1ccc(N2CCCC2=O)cc1)c1ccccn1. The van der Waals surface area contributed by atoms with Crippen LogP contribution in [-0.2, 0) is 9.59 Å². The van der Waals surface area contributed by atoms with Crippen LogP contribution in [0, 0.1) is 11.3 Å². The Labute approximate surface area is 146 Å². The van der Waals surface area contributed by atoms with Crippen molar-refractivity contribution in [2.75, 3.05) is 11.4 Å². The molecule has 0 radical (unpaired) electrons. The zero-order valence-corrected chi connectivity index (χ0v) is 13.6. The van der Waals surface area contributed by atoms with E-state index in [4.69, 9.17) is 0 Å². The summed E-state index contributed by atoms with van der Waals surface area (Å²) in [7, 11) is 0. The number of benzene rings is 1. The Hall–Kier alpha value is -3.26. The summed E-state index contributed by atoms with van der Waals surface area (Å²) in [4.78, 5) is 29.9. The third-order valence-electron chi connectivity index (χ3n) is 4.12. The Balaban J connectivity index is 1.70. The van der Waals surface area contributed by atoms with Gasteiger partial charge in [-0.1, -0.05) is 24.3 Å². The van der Waals surface area contributed by atoms with Gasteiger partial charge < -0.3 is 4.90 Å². The molecule has 25 heavy (non-hydrogen) atoms. The van der Waals surface area contributed by atoms with E-state index in [1.54, 1.807) is 35.4 Å². The molecule has 0 spiro atoms. The summed E-state index contributed by atoms with van der Waals surface area (Å²) in [6.45, 7) is 0.750. The second-order valence-electron chi connectivity index (χ2n) is 5.79. The van der Waals surface area contributed by atoms with Crippen LogP contribution in [0.3, 0.4) is 0 Å². The monoisotopic (exact) mass is 331 g/mol. The molecule has 1 aliphatic heterocycles. The fourth-order valence-corrected chi connectivity index (χ4v) is 2.78. The number of pyridine rings is 1. The standard InChI is InChI=1S/C20H17N3O2/c21-14-17(18-4-1-2-12-22-18)19(24)11-8-15-6-9-16(10-7-15)23-13-3-5-20(23)25/h1-2,4,6-12,17H,3,5,13H2/b11-8-/t17-/m0/s1. The highest BCUT2D eigenvalue weighted by Gasteiger charge is 2.21. The van der Waals surface area contributed by atoms with Crippen molar-refractivity contribution < 1.29 is 9.59 Å². The number of hydrogen-bond acceptors (Lipinski definition) is 4. The maximum absolute atomic E-state index is 12.3. The molecule has 0 N–H and O–H groups in total. The summed E-state index contributed by atoms with van der Waals surface area (Å²) in [5.41, 5.74) is 2.15. The van der Waals surface area contributed by atoms with E-state index in [1.807, 2.05) is 30.3 Å². The number of amides is 1. The first-order valence-electron chi connectivity index (χ1n) is 8.12. The number of hydrogen-bond donors (Lipinski definition) is 0. The molecule has 1 aromatic carbocycles.